The van der Waals surface area contributed by atoms with Crippen molar-refractivity contribution in [2.45, 2.75) is 0 Å². The monoisotopic (exact) mass is 254 g/mol. The summed E-state index contributed by atoms with van der Waals surface area (Å²) in [4.78, 5) is 3.99. The third-order valence-corrected chi connectivity index (χ3v) is 2.98. The summed E-state index contributed by atoms with van der Waals surface area (Å²) in [5.41, 5.74) is 0.699. The van der Waals surface area contributed by atoms with Gasteiger partial charge in [-0.3, -0.25) is 0 Å². The Bertz CT molecular complexity index is 652. The minimum absolute atomic E-state index is 0.470. The molecule has 0 saturated heterocycles. The highest BCUT2D eigenvalue weighted by molar-refractivity contribution is 7.92. The van der Waals surface area contributed by atoms with Crippen LogP contribution in [-0.4, -0.2) is 21.7 Å². The molecular formula is C11H11ClN2OS. The van der Waals surface area contributed by atoms with Crippen molar-refractivity contribution in [3.8, 4) is 0 Å². The summed E-state index contributed by atoms with van der Waals surface area (Å²) < 4.78 is 15.7. The number of hydrogen-bond donors (Lipinski definition) is 0. The fourth-order valence-electron chi connectivity index (χ4n) is 1.44. The molecule has 2 aromatic rings. The van der Waals surface area contributed by atoms with E-state index in [-0.39, 0.29) is 0 Å². The van der Waals surface area contributed by atoms with Gasteiger partial charge in [-0.25, -0.2) is 9.19 Å². The average Bonchev–Trinajstić information content (AvgIpc) is 2.15. The third kappa shape index (κ3) is 2.51. The normalized spacial score (nSPS) is 11.7. The minimum atomic E-state index is -2.13. The highest BCUT2D eigenvalue weighted by Gasteiger charge is 2.01. The Balaban J connectivity index is 2.67. The lowest BCUT2D eigenvalue weighted by Gasteiger charge is -2.01. The Kier molecular flexibility index (Phi) is 2.86. The molecule has 0 aliphatic rings. The fourth-order valence-corrected chi connectivity index (χ4v) is 2.29. The second-order valence-corrected chi connectivity index (χ2v) is 6.68. The van der Waals surface area contributed by atoms with Gasteiger partial charge in [0.25, 0.3) is 0 Å². The lowest BCUT2D eigenvalue weighted by atomic mass is 10.1. The van der Waals surface area contributed by atoms with E-state index in [1.165, 1.54) is 0 Å². The molecule has 84 valence electrons. The van der Waals surface area contributed by atoms with E-state index in [0.29, 0.717) is 10.8 Å². The van der Waals surface area contributed by atoms with Crippen LogP contribution in [0.3, 0.4) is 0 Å². The van der Waals surface area contributed by atoms with Crippen molar-refractivity contribution in [2.24, 2.45) is 4.36 Å². The van der Waals surface area contributed by atoms with E-state index in [4.69, 9.17) is 11.6 Å². The number of aromatic nitrogens is 1. The maximum Gasteiger partial charge on any atom is 0.136 e. The highest BCUT2D eigenvalue weighted by atomic mass is 35.5. The van der Waals surface area contributed by atoms with Crippen LogP contribution in [0.4, 0.5) is 5.69 Å². The maximum atomic E-state index is 11.6. The number of hydrogen-bond acceptors (Lipinski definition) is 3. The van der Waals surface area contributed by atoms with Crippen LogP contribution < -0.4 is 0 Å². The summed E-state index contributed by atoms with van der Waals surface area (Å²) in [6.45, 7) is 0. The van der Waals surface area contributed by atoms with Crippen LogP contribution in [0.25, 0.3) is 10.8 Å². The second kappa shape index (κ2) is 4.03. The van der Waals surface area contributed by atoms with Gasteiger partial charge in [0.1, 0.15) is 5.15 Å². The molecular weight excluding hydrogens is 244 g/mol. The molecule has 0 aliphatic carbocycles. The molecule has 0 radical (unpaired) electrons. The van der Waals surface area contributed by atoms with Crippen molar-refractivity contribution in [3.05, 3.63) is 35.6 Å². The van der Waals surface area contributed by atoms with Gasteiger partial charge in [0.2, 0.25) is 0 Å². The molecule has 0 saturated carbocycles. The summed E-state index contributed by atoms with van der Waals surface area (Å²) in [5, 5.41) is 2.30. The molecule has 5 heteroatoms. The smallest absolute Gasteiger partial charge is 0.136 e. The number of rotatable bonds is 1. The zero-order chi connectivity index (χ0) is 11.8. The van der Waals surface area contributed by atoms with E-state index in [2.05, 4.69) is 9.35 Å². The first-order valence-electron chi connectivity index (χ1n) is 4.67. The number of benzene rings is 1. The first-order chi connectivity index (χ1) is 7.46. The summed E-state index contributed by atoms with van der Waals surface area (Å²) in [6.07, 6.45) is 4.86. The van der Waals surface area contributed by atoms with Gasteiger partial charge < -0.3 is 0 Å². The standard InChI is InChI=1S/C11H11ClN2OS/c1-16(2,15)14-9-3-4-10-8(7-9)5-6-13-11(10)12/h3-7H,1-2H3. The Morgan fingerprint density at radius 3 is 2.75 bits per heavy atom. The van der Waals surface area contributed by atoms with Crippen molar-refractivity contribution < 1.29 is 4.21 Å². The second-order valence-electron chi connectivity index (χ2n) is 3.78. The largest absolute Gasteiger partial charge is 0.250 e. The first kappa shape index (κ1) is 11.4. The van der Waals surface area contributed by atoms with E-state index < -0.39 is 9.73 Å². The molecule has 16 heavy (non-hydrogen) atoms. The zero-order valence-electron chi connectivity index (χ0n) is 8.98. The van der Waals surface area contributed by atoms with Gasteiger partial charge in [0, 0.05) is 33.8 Å². The number of halogens is 1. The Morgan fingerprint density at radius 2 is 2.06 bits per heavy atom. The average molecular weight is 255 g/mol. The fraction of sp³-hybridized carbons (Fsp3) is 0.182. The van der Waals surface area contributed by atoms with E-state index in [0.717, 1.165) is 10.8 Å². The van der Waals surface area contributed by atoms with Gasteiger partial charge in [-0.05, 0) is 29.7 Å². The molecule has 0 fully saturated rings. The number of pyridine rings is 1. The van der Waals surface area contributed by atoms with Crippen molar-refractivity contribution in [1.29, 1.82) is 0 Å². The van der Waals surface area contributed by atoms with Crippen LogP contribution >= 0.6 is 11.6 Å². The molecule has 1 aromatic heterocycles. The molecule has 2 rings (SSSR count). The van der Waals surface area contributed by atoms with Crippen molar-refractivity contribution >= 4 is 37.8 Å². The van der Waals surface area contributed by atoms with Crippen LogP contribution in [0.5, 0.6) is 0 Å². The molecule has 0 amide bonds. The molecule has 0 spiro atoms. The van der Waals surface area contributed by atoms with Crippen LogP contribution in [0, 0.1) is 0 Å². The summed E-state index contributed by atoms with van der Waals surface area (Å²) >= 11 is 5.94. The summed E-state index contributed by atoms with van der Waals surface area (Å²) in [7, 11) is -2.13. The Hall–Kier alpha value is -1.13. The minimum Gasteiger partial charge on any atom is -0.250 e. The number of fused-ring (bicyclic) bond motifs is 1. The molecule has 0 atom stereocenters. The first-order valence-corrected chi connectivity index (χ1v) is 7.38. The van der Waals surface area contributed by atoms with Gasteiger partial charge in [0.05, 0.1) is 5.69 Å². The highest BCUT2D eigenvalue weighted by Crippen LogP contribution is 2.25. The molecule has 0 unspecified atom stereocenters. The van der Waals surface area contributed by atoms with Gasteiger partial charge in [-0.2, -0.15) is 4.36 Å². The van der Waals surface area contributed by atoms with Gasteiger partial charge in [0.15, 0.2) is 0 Å². The van der Waals surface area contributed by atoms with Crippen LogP contribution in [0.15, 0.2) is 34.8 Å². The Morgan fingerprint density at radius 1 is 1.31 bits per heavy atom. The van der Waals surface area contributed by atoms with Crippen LogP contribution in [0.2, 0.25) is 5.15 Å². The predicted octanol–water partition coefficient (Wildman–Crippen LogP) is 3.25. The lowest BCUT2D eigenvalue weighted by Crippen LogP contribution is -1.88. The van der Waals surface area contributed by atoms with E-state index >= 15 is 0 Å². The SMILES string of the molecule is CS(C)(=O)=Nc1ccc2c(Cl)nccc2c1. The van der Waals surface area contributed by atoms with Crippen LogP contribution in [0.1, 0.15) is 0 Å². The van der Waals surface area contributed by atoms with Crippen LogP contribution in [-0.2, 0) is 9.73 Å². The molecule has 1 heterocycles. The summed E-state index contributed by atoms with van der Waals surface area (Å²) in [6, 6.07) is 7.35. The van der Waals surface area contributed by atoms with E-state index in [1.807, 2.05) is 18.2 Å². The molecule has 1 aromatic carbocycles. The maximum absolute atomic E-state index is 11.6. The predicted molar refractivity (Wildman–Crippen MR) is 68.8 cm³/mol. The quantitative estimate of drug-likeness (QED) is 0.733. The van der Waals surface area contributed by atoms with Crippen molar-refractivity contribution in [2.75, 3.05) is 12.5 Å². The molecule has 0 N–H and O–H groups in total. The topological polar surface area (TPSA) is 42.3 Å². The third-order valence-electron chi connectivity index (χ3n) is 2.02. The van der Waals surface area contributed by atoms with Crippen molar-refractivity contribution in [3.63, 3.8) is 0 Å². The zero-order valence-corrected chi connectivity index (χ0v) is 10.5. The van der Waals surface area contributed by atoms with E-state index in [9.17, 15) is 4.21 Å². The number of nitrogens with zero attached hydrogens (tertiary/aromatic N) is 2. The van der Waals surface area contributed by atoms with Gasteiger partial charge in [-0.1, -0.05) is 11.6 Å². The summed E-state index contributed by atoms with van der Waals surface area (Å²) in [5.74, 6) is 0. The van der Waals surface area contributed by atoms with Gasteiger partial charge in [-0.15, -0.1) is 0 Å². The molecule has 3 nitrogen and oxygen atoms in total. The molecule has 0 aliphatic heterocycles. The Labute approximate surface area is 99.6 Å². The molecule has 0 bridgehead atoms. The lowest BCUT2D eigenvalue weighted by molar-refractivity contribution is 0.684. The van der Waals surface area contributed by atoms with Gasteiger partial charge >= 0.3 is 0 Å². The van der Waals surface area contributed by atoms with E-state index in [1.54, 1.807) is 24.8 Å². The van der Waals surface area contributed by atoms with Crippen molar-refractivity contribution in [1.82, 2.24) is 4.98 Å².